The van der Waals surface area contributed by atoms with E-state index in [1.165, 1.54) is 4.90 Å². The van der Waals surface area contributed by atoms with Gasteiger partial charge in [0.05, 0.1) is 16.7 Å². The summed E-state index contributed by atoms with van der Waals surface area (Å²) < 4.78 is -1.28. The van der Waals surface area contributed by atoms with Gasteiger partial charge in [0.25, 0.3) is 0 Å². The molecule has 30 heavy (non-hydrogen) atoms. The van der Waals surface area contributed by atoms with E-state index in [9.17, 15) is 14.4 Å². The van der Waals surface area contributed by atoms with Gasteiger partial charge in [-0.1, -0.05) is 76.6 Å². The van der Waals surface area contributed by atoms with Crippen LogP contribution in [0.4, 0.5) is 0 Å². The van der Waals surface area contributed by atoms with Crippen molar-refractivity contribution in [1.82, 2.24) is 4.90 Å². The third-order valence-corrected chi connectivity index (χ3v) is 9.00. The van der Waals surface area contributed by atoms with Gasteiger partial charge in [0.1, 0.15) is 4.32 Å². The maximum Gasteiger partial charge on any atom is 0.248 e. The monoisotopic (exact) mass is 463 g/mol. The van der Waals surface area contributed by atoms with E-state index in [1.807, 2.05) is 74.5 Å². The molecule has 2 amide bonds. The third kappa shape index (κ3) is 1.86. The normalized spacial score (nSPS) is 34.9. The smallest absolute Gasteiger partial charge is 0.248 e. The molecule has 2 aromatic carbocycles. The van der Waals surface area contributed by atoms with Crippen molar-refractivity contribution in [3.63, 3.8) is 0 Å². The molecular formula is C25H22BrNO3. The molecule has 0 aromatic heterocycles. The SMILES string of the molecule is CCN1C(=O)C2C3(C)C(=O)C(C)(C(c4ccccc4)=C3c3ccccc3)C2(Br)C1=O. The van der Waals surface area contributed by atoms with Crippen LogP contribution >= 0.6 is 15.9 Å². The van der Waals surface area contributed by atoms with Crippen molar-refractivity contribution in [3.8, 4) is 0 Å². The number of fused-ring (bicyclic) bond motifs is 5. The third-order valence-electron chi connectivity index (χ3n) is 7.41. The van der Waals surface area contributed by atoms with Gasteiger partial charge >= 0.3 is 0 Å². The quantitative estimate of drug-likeness (QED) is 0.502. The summed E-state index contributed by atoms with van der Waals surface area (Å²) in [7, 11) is 0. The molecule has 0 radical (unpaired) electrons. The summed E-state index contributed by atoms with van der Waals surface area (Å²) >= 11 is 3.72. The van der Waals surface area contributed by atoms with Gasteiger partial charge in [-0.05, 0) is 43.0 Å². The van der Waals surface area contributed by atoms with Crippen LogP contribution in [0.3, 0.4) is 0 Å². The van der Waals surface area contributed by atoms with E-state index in [4.69, 9.17) is 0 Å². The van der Waals surface area contributed by atoms with Crippen molar-refractivity contribution >= 4 is 44.7 Å². The van der Waals surface area contributed by atoms with E-state index in [0.29, 0.717) is 6.54 Å². The molecule has 5 rings (SSSR count). The molecule has 0 N–H and O–H groups in total. The second-order valence-corrected chi connectivity index (χ2v) is 9.92. The number of benzene rings is 2. The van der Waals surface area contributed by atoms with E-state index in [-0.39, 0.29) is 17.6 Å². The van der Waals surface area contributed by atoms with Gasteiger partial charge < -0.3 is 0 Å². The Hall–Kier alpha value is -2.53. The summed E-state index contributed by atoms with van der Waals surface area (Å²) in [6, 6.07) is 19.5. The van der Waals surface area contributed by atoms with Crippen LogP contribution in [0.5, 0.6) is 0 Å². The number of Topliss-reactive ketones (excluding diaryl/α,β-unsaturated/α-hetero) is 1. The number of carbonyl (C=O) groups is 3. The fourth-order valence-corrected chi connectivity index (χ4v) is 7.40. The number of imide groups is 1. The fraction of sp³-hybridized carbons (Fsp3) is 0.320. The second-order valence-electron chi connectivity index (χ2n) is 8.67. The number of ketones is 1. The van der Waals surface area contributed by atoms with E-state index in [0.717, 1.165) is 22.3 Å². The molecule has 1 aliphatic heterocycles. The lowest BCUT2D eigenvalue weighted by atomic mass is 9.63. The van der Waals surface area contributed by atoms with Crippen LogP contribution < -0.4 is 0 Å². The van der Waals surface area contributed by atoms with Gasteiger partial charge in [-0.15, -0.1) is 0 Å². The van der Waals surface area contributed by atoms with Crippen molar-refractivity contribution in [3.05, 3.63) is 71.8 Å². The lowest BCUT2D eigenvalue weighted by molar-refractivity contribution is -0.144. The highest BCUT2D eigenvalue weighted by Gasteiger charge is 2.85. The standard InChI is InChI=1S/C25H22BrNO3/c1-4-27-20(28)19-23(2)17(15-11-7-5-8-12-15)18(16-13-9-6-10-14-16)24(3,21(23)29)25(19,26)22(27)30/h5-14,19H,4H2,1-3H3. The highest BCUT2D eigenvalue weighted by atomic mass is 79.9. The van der Waals surface area contributed by atoms with Crippen LogP contribution in [0.15, 0.2) is 60.7 Å². The fourth-order valence-electron chi connectivity index (χ4n) is 6.16. The predicted molar refractivity (Wildman–Crippen MR) is 118 cm³/mol. The maximum absolute atomic E-state index is 14.1. The predicted octanol–water partition coefficient (Wildman–Crippen LogP) is 4.34. The Morgan fingerprint density at radius 3 is 1.87 bits per heavy atom. The minimum absolute atomic E-state index is 0.0629. The lowest BCUT2D eigenvalue weighted by Crippen LogP contribution is -2.50. The van der Waals surface area contributed by atoms with Gasteiger partial charge in [-0.3, -0.25) is 19.3 Å². The molecular weight excluding hydrogens is 442 g/mol. The molecule has 4 nitrogen and oxygen atoms in total. The molecule has 0 spiro atoms. The van der Waals surface area contributed by atoms with Gasteiger partial charge in [-0.2, -0.15) is 0 Å². The van der Waals surface area contributed by atoms with Crippen LogP contribution in [0.25, 0.3) is 11.1 Å². The first-order chi connectivity index (χ1) is 14.3. The first-order valence-electron chi connectivity index (χ1n) is 10.2. The Morgan fingerprint density at radius 2 is 1.37 bits per heavy atom. The number of halogens is 1. The van der Waals surface area contributed by atoms with E-state index in [1.54, 1.807) is 6.92 Å². The topological polar surface area (TPSA) is 54.5 Å². The molecule has 1 heterocycles. The first-order valence-corrected chi connectivity index (χ1v) is 11.0. The number of likely N-dealkylation sites (tertiary alicyclic amines) is 1. The van der Waals surface area contributed by atoms with Crippen LogP contribution in [0.2, 0.25) is 0 Å². The molecule has 2 aliphatic carbocycles. The van der Waals surface area contributed by atoms with Gasteiger partial charge in [0.2, 0.25) is 11.8 Å². The highest BCUT2D eigenvalue weighted by Crippen LogP contribution is 2.77. The zero-order valence-electron chi connectivity index (χ0n) is 17.1. The van der Waals surface area contributed by atoms with E-state index in [2.05, 4.69) is 15.9 Å². The van der Waals surface area contributed by atoms with Gasteiger partial charge in [-0.25, -0.2) is 0 Å². The van der Waals surface area contributed by atoms with Crippen molar-refractivity contribution in [1.29, 1.82) is 0 Å². The molecule has 5 heteroatoms. The van der Waals surface area contributed by atoms with Crippen LogP contribution in [0.1, 0.15) is 31.9 Å². The highest BCUT2D eigenvalue weighted by molar-refractivity contribution is 9.10. The summed E-state index contributed by atoms with van der Waals surface area (Å²) in [6.45, 7) is 5.78. The van der Waals surface area contributed by atoms with Gasteiger partial charge in [0, 0.05) is 6.54 Å². The summed E-state index contributed by atoms with van der Waals surface area (Å²) in [5, 5.41) is 0. The molecule has 2 bridgehead atoms. The average Bonchev–Trinajstić information content (AvgIpc) is 3.14. The molecule has 1 saturated heterocycles. The number of hydrogen-bond donors (Lipinski definition) is 0. The molecule has 2 fully saturated rings. The van der Waals surface area contributed by atoms with Crippen molar-refractivity contribution in [2.24, 2.45) is 16.7 Å². The molecule has 4 atom stereocenters. The van der Waals surface area contributed by atoms with E-state index < -0.39 is 21.1 Å². The summed E-state index contributed by atoms with van der Waals surface area (Å²) in [5.41, 5.74) is 1.27. The second kappa shape index (κ2) is 6.01. The van der Waals surface area contributed by atoms with Crippen LogP contribution in [0, 0.1) is 16.7 Å². The Kier molecular flexibility index (Phi) is 3.89. The van der Waals surface area contributed by atoms with Crippen LogP contribution in [-0.4, -0.2) is 33.4 Å². The maximum atomic E-state index is 14.1. The number of carbonyl (C=O) groups excluding carboxylic acids is 3. The zero-order chi connectivity index (χ0) is 21.5. The molecule has 1 saturated carbocycles. The largest absolute Gasteiger partial charge is 0.298 e. The summed E-state index contributed by atoms with van der Waals surface area (Å²) in [6.07, 6.45) is 0. The van der Waals surface area contributed by atoms with E-state index >= 15 is 0 Å². The molecule has 4 unspecified atom stereocenters. The number of nitrogens with zero attached hydrogens (tertiary/aromatic N) is 1. The Labute approximate surface area is 184 Å². The van der Waals surface area contributed by atoms with Crippen molar-refractivity contribution in [2.45, 2.75) is 25.1 Å². The van der Waals surface area contributed by atoms with Crippen LogP contribution in [-0.2, 0) is 14.4 Å². The Balaban J connectivity index is 1.92. The van der Waals surface area contributed by atoms with Crippen molar-refractivity contribution in [2.75, 3.05) is 6.54 Å². The first kappa shape index (κ1) is 19.4. The lowest BCUT2D eigenvalue weighted by Gasteiger charge is -2.41. The molecule has 152 valence electrons. The van der Waals surface area contributed by atoms with Gasteiger partial charge in [0.15, 0.2) is 5.78 Å². The summed E-state index contributed by atoms with van der Waals surface area (Å²) in [4.78, 5) is 42.4. The van der Waals surface area contributed by atoms with Crippen molar-refractivity contribution < 1.29 is 14.4 Å². The minimum atomic E-state index is -1.28. The Morgan fingerprint density at radius 1 is 0.867 bits per heavy atom. The summed E-state index contributed by atoms with van der Waals surface area (Å²) in [5.74, 6) is -1.40. The number of hydrogen-bond acceptors (Lipinski definition) is 3. The zero-order valence-corrected chi connectivity index (χ0v) is 18.7. The molecule has 3 aliphatic rings. The number of alkyl halides is 1. The minimum Gasteiger partial charge on any atom is -0.298 e. The number of allylic oxidation sites excluding steroid dienone is 2. The number of rotatable bonds is 3. The molecule has 2 aromatic rings. The average molecular weight is 464 g/mol. The Bertz CT molecular complexity index is 1140. The number of amides is 2.